The number of benzene rings is 1. The van der Waals surface area contributed by atoms with Gasteiger partial charge in [-0.05, 0) is 29.2 Å². The quantitative estimate of drug-likeness (QED) is 0.507. The Hall–Kier alpha value is 0.0834. The first kappa shape index (κ1) is 15.1. The molecule has 0 radical (unpaired) electrons. The van der Waals surface area contributed by atoms with Gasteiger partial charge in [0.05, 0.1) is 0 Å². The first-order valence-corrected chi connectivity index (χ1v) is 6.81. The molecule has 1 aromatic carbocycles. The average molecular weight is 293 g/mol. The number of unbranched alkanes of at least 4 members (excludes halogenated alkanes) is 1. The number of thiol groups is 1. The first-order chi connectivity index (χ1) is 6.75. The van der Waals surface area contributed by atoms with E-state index in [0.717, 1.165) is 5.75 Å². The molecule has 0 saturated heterocycles. The molecule has 1 aromatic rings. The van der Waals surface area contributed by atoms with Crippen LogP contribution >= 0.6 is 23.1 Å². The van der Waals surface area contributed by atoms with Gasteiger partial charge in [-0.25, -0.2) is 0 Å². The van der Waals surface area contributed by atoms with E-state index in [1.165, 1.54) is 17.7 Å². The maximum Gasteiger partial charge on any atom is 0.115 e. The van der Waals surface area contributed by atoms with Gasteiger partial charge in [0.1, 0.15) is 4.32 Å². The van der Waals surface area contributed by atoms with Gasteiger partial charge in [-0.3, -0.25) is 0 Å². The molecular formula is C11H17NS2Zn. The van der Waals surface area contributed by atoms with Gasteiger partial charge < -0.3 is 5.73 Å². The summed E-state index contributed by atoms with van der Waals surface area (Å²) in [7, 11) is -0.411. The van der Waals surface area contributed by atoms with Crippen molar-refractivity contribution in [3.05, 3.63) is 30.3 Å². The molecule has 0 amide bonds. The largest absolute Gasteiger partial charge is 0.386 e. The molecule has 15 heavy (non-hydrogen) atoms. The predicted octanol–water partition coefficient (Wildman–Crippen LogP) is 3.09. The average Bonchev–Trinajstić information content (AvgIpc) is 2.19. The number of hydrogen-bond donors (Lipinski definition) is 2. The summed E-state index contributed by atoms with van der Waals surface area (Å²) >= 11 is 5.12. The number of hydrogen-bond acceptors (Lipinski definition) is 1. The second-order valence-corrected chi connectivity index (χ2v) is 6.22. The Morgan fingerprint density at radius 1 is 1.33 bits per heavy atom. The molecule has 1 unspecified atom stereocenters. The Morgan fingerprint density at radius 3 is 2.40 bits per heavy atom. The third-order valence-corrected chi connectivity index (χ3v) is 4.95. The fraction of sp³-hybridized carbons (Fsp3) is 0.364. The maximum absolute atomic E-state index is 5.77. The Kier molecular flexibility index (Phi) is 8.31. The van der Waals surface area contributed by atoms with Crippen molar-refractivity contribution in [2.24, 2.45) is 5.73 Å². The van der Waals surface area contributed by atoms with Gasteiger partial charge in [0.15, 0.2) is 0 Å². The molecule has 0 aliphatic rings. The fourth-order valence-electron chi connectivity index (χ4n) is 1.29. The molecule has 4 heteroatoms. The van der Waals surface area contributed by atoms with Gasteiger partial charge in [-0.1, -0.05) is 43.8 Å². The van der Waals surface area contributed by atoms with Gasteiger partial charge in [0, 0.05) is 19.5 Å². The monoisotopic (exact) mass is 291 g/mol. The van der Waals surface area contributed by atoms with E-state index in [1.54, 1.807) is 0 Å². The third-order valence-electron chi connectivity index (χ3n) is 2.07. The van der Waals surface area contributed by atoms with Gasteiger partial charge in [-0.2, -0.15) is 10.9 Å². The van der Waals surface area contributed by atoms with Crippen LogP contribution in [0.15, 0.2) is 35.2 Å². The third kappa shape index (κ3) is 5.10. The van der Waals surface area contributed by atoms with Crippen LogP contribution in [0.4, 0.5) is 0 Å². The van der Waals surface area contributed by atoms with Gasteiger partial charge in [-0.15, -0.1) is 0 Å². The van der Waals surface area contributed by atoms with E-state index in [0.29, 0.717) is 4.32 Å². The number of rotatable bonds is 4. The molecule has 0 spiro atoms. The molecule has 1 atom stereocenters. The standard InChI is InChI=1S/C11H17NS2.Zn/c1-2-3-9-14(11(12)13)10-7-5-4-6-8-10;/h4-8,14H,2-3,9H2,1H3,(H2,12,13);. The van der Waals surface area contributed by atoms with E-state index < -0.39 is 10.9 Å². The molecule has 80 valence electrons. The predicted molar refractivity (Wildman–Crippen MR) is 70.3 cm³/mol. The summed E-state index contributed by atoms with van der Waals surface area (Å²) in [6.45, 7) is 2.19. The molecule has 0 aliphatic heterocycles. The van der Waals surface area contributed by atoms with Crippen LogP contribution in [0, 0.1) is 0 Å². The topological polar surface area (TPSA) is 26.0 Å². The molecule has 1 rings (SSSR count). The van der Waals surface area contributed by atoms with Crippen LogP contribution in [-0.4, -0.2) is 10.1 Å². The van der Waals surface area contributed by atoms with Gasteiger partial charge in [0.25, 0.3) is 0 Å². The number of thiocarbonyl (C=S) groups is 1. The van der Waals surface area contributed by atoms with Crippen molar-refractivity contribution in [3.8, 4) is 0 Å². The summed E-state index contributed by atoms with van der Waals surface area (Å²) in [5, 5.41) is 0. The van der Waals surface area contributed by atoms with E-state index in [2.05, 4.69) is 31.2 Å². The fourth-order valence-corrected chi connectivity index (χ4v) is 3.78. The van der Waals surface area contributed by atoms with Crippen LogP contribution in [0.3, 0.4) is 0 Å². The van der Waals surface area contributed by atoms with Crippen molar-refractivity contribution < 1.29 is 19.5 Å². The van der Waals surface area contributed by atoms with Crippen molar-refractivity contribution in [1.82, 2.24) is 0 Å². The SMILES string of the molecule is CCCC[SH](C(N)=S)c1ccccc1.[Zn]. The van der Waals surface area contributed by atoms with Crippen LogP contribution in [0.1, 0.15) is 19.8 Å². The van der Waals surface area contributed by atoms with Gasteiger partial charge in [0.2, 0.25) is 0 Å². The van der Waals surface area contributed by atoms with Gasteiger partial charge >= 0.3 is 0 Å². The van der Waals surface area contributed by atoms with Crippen molar-refractivity contribution in [2.75, 3.05) is 5.75 Å². The summed E-state index contributed by atoms with van der Waals surface area (Å²) in [6.07, 6.45) is 2.41. The maximum atomic E-state index is 5.77. The summed E-state index contributed by atoms with van der Waals surface area (Å²) < 4.78 is 0.680. The molecule has 0 aliphatic carbocycles. The van der Waals surface area contributed by atoms with Crippen LogP contribution in [-0.2, 0) is 19.5 Å². The zero-order chi connectivity index (χ0) is 10.4. The summed E-state index contributed by atoms with van der Waals surface area (Å²) in [5.41, 5.74) is 5.77. The summed E-state index contributed by atoms with van der Waals surface area (Å²) in [4.78, 5) is 1.31. The Balaban J connectivity index is 0.00000196. The van der Waals surface area contributed by atoms with E-state index >= 15 is 0 Å². The van der Waals surface area contributed by atoms with Crippen LogP contribution < -0.4 is 5.73 Å². The van der Waals surface area contributed by atoms with Crippen molar-refractivity contribution >= 4 is 27.4 Å². The zero-order valence-corrected chi connectivity index (χ0v) is 13.8. The normalized spacial score (nSPS) is 12.7. The molecule has 0 heterocycles. The number of nitrogens with two attached hydrogens (primary N) is 1. The smallest absolute Gasteiger partial charge is 0.115 e. The van der Waals surface area contributed by atoms with Crippen LogP contribution in [0.5, 0.6) is 0 Å². The molecular weight excluding hydrogens is 276 g/mol. The Morgan fingerprint density at radius 2 is 1.93 bits per heavy atom. The van der Waals surface area contributed by atoms with E-state index in [-0.39, 0.29) is 19.5 Å². The van der Waals surface area contributed by atoms with Crippen molar-refractivity contribution in [3.63, 3.8) is 0 Å². The van der Waals surface area contributed by atoms with E-state index in [9.17, 15) is 0 Å². The second kappa shape index (κ2) is 8.26. The summed E-state index contributed by atoms with van der Waals surface area (Å²) in [6, 6.07) is 10.4. The van der Waals surface area contributed by atoms with E-state index in [4.69, 9.17) is 18.0 Å². The minimum Gasteiger partial charge on any atom is -0.386 e. The molecule has 1 nitrogen and oxygen atoms in total. The van der Waals surface area contributed by atoms with E-state index in [1.807, 2.05) is 6.07 Å². The molecule has 2 N–H and O–H groups in total. The van der Waals surface area contributed by atoms with Crippen molar-refractivity contribution in [2.45, 2.75) is 24.7 Å². The van der Waals surface area contributed by atoms with Crippen molar-refractivity contribution in [1.29, 1.82) is 0 Å². The molecule has 0 saturated carbocycles. The Labute approximate surface area is 113 Å². The minimum absolute atomic E-state index is 0. The second-order valence-electron chi connectivity index (χ2n) is 3.18. The molecule has 0 aromatic heterocycles. The minimum atomic E-state index is -0.411. The molecule has 0 bridgehead atoms. The Bertz CT molecular complexity index is 290. The summed E-state index contributed by atoms with van der Waals surface area (Å²) in [5.74, 6) is 1.13. The first-order valence-electron chi connectivity index (χ1n) is 4.87. The zero-order valence-electron chi connectivity index (χ0n) is 9.15. The van der Waals surface area contributed by atoms with Crippen LogP contribution in [0.2, 0.25) is 0 Å². The molecule has 0 fully saturated rings. The van der Waals surface area contributed by atoms with Crippen LogP contribution in [0.25, 0.3) is 0 Å².